The Bertz CT molecular complexity index is 1020. The molecule has 2 aliphatic heterocycles. The minimum Gasteiger partial charge on any atom is -0.484 e. The maximum Gasteiger partial charge on any atom is 0.330 e. The second kappa shape index (κ2) is 9.28. The van der Waals surface area contributed by atoms with E-state index in [0.717, 1.165) is 9.35 Å². The first-order chi connectivity index (χ1) is 15.3. The predicted molar refractivity (Wildman–Crippen MR) is 122 cm³/mol. The molecule has 12 heteroatoms. The van der Waals surface area contributed by atoms with E-state index in [1.165, 1.54) is 46.9 Å². The molecule has 0 radical (unpaired) electrons. The van der Waals surface area contributed by atoms with Gasteiger partial charge in [0.2, 0.25) is 5.91 Å². The summed E-state index contributed by atoms with van der Waals surface area (Å²) in [5, 5.41) is 11.4. The van der Waals surface area contributed by atoms with Gasteiger partial charge < -0.3 is 19.7 Å². The first-order valence-electron chi connectivity index (χ1n) is 9.80. The fourth-order valence-electron chi connectivity index (χ4n) is 3.66. The van der Waals surface area contributed by atoms with Crippen LogP contribution in [-0.2, 0) is 19.1 Å². The molecule has 0 bridgehead atoms. The molecular formula is C20H22N4O5S3. The lowest BCUT2D eigenvalue weighted by Crippen LogP contribution is -2.71. The Morgan fingerprint density at radius 3 is 2.69 bits per heavy atom. The van der Waals surface area contributed by atoms with Crippen molar-refractivity contribution in [3.8, 4) is 5.75 Å². The van der Waals surface area contributed by atoms with Crippen LogP contribution in [0.25, 0.3) is 0 Å². The van der Waals surface area contributed by atoms with Crippen molar-refractivity contribution >= 4 is 52.6 Å². The van der Waals surface area contributed by atoms with Gasteiger partial charge in [-0.3, -0.25) is 9.59 Å². The van der Waals surface area contributed by atoms with E-state index in [2.05, 4.69) is 15.5 Å². The number of hydrogen-bond acceptors (Lipinski definition) is 10. The zero-order chi connectivity index (χ0) is 22.9. The number of nitrogens with zero attached hydrogens (tertiary/aromatic N) is 3. The first-order valence-corrected chi connectivity index (χ1v) is 12.5. The summed E-state index contributed by atoms with van der Waals surface area (Å²) in [6.45, 7) is 3.61. The summed E-state index contributed by atoms with van der Waals surface area (Å²) in [6.07, 6.45) is 0. The van der Waals surface area contributed by atoms with E-state index in [1.54, 1.807) is 12.1 Å². The number of carbonyl (C=O) groups is 3. The number of nitrogens with one attached hydrogen (secondary N) is 1. The highest BCUT2D eigenvalue weighted by molar-refractivity contribution is 8.05. The monoisotopic (exact) mass is 494 g/mol. The largest absolute Gasteiger partial charge is 0.484 e. The van der Waals surface area contributed by atoms with Crippen LogP contribution < -0.4 is 10.1 Å². The molecule has 2 saturated heterocycles. The summed E-state index contributed by atoms with van der Waals surface area (Å²) in [7, 11) is 1.31. The van der Waals surface area contributed by atoms with Crippen molar-refractivity contribution in [3.05, 3.63) is 35.3 Å². The van der Waals surface area contributed by atoms with Crippen LogP contribution in [0.15, 0.2) is 34.7 Å². The molecule has 2 aromatic rings. The van der Waals surface area contributed by atoms with E-state index in [-0.39, 0.29) is 17.9 Å². The number of methoxy groups -OCH3 is 1. The van der Waals surface area contributed by atoms with Gasteiger partial charge in [0, 0.05) is 5.75 Å². The second-order valence-corrected chi connectivity index (χ2v) is 11.6. The molecule has 1 aromatic heterocycles. The molecule has 2 aliphatic rings. The van der Waals surface area contributed by atoms with E-state index >= 15 is 0 Å². The average molecular weight is 495 g/mol. The molecule has 3 heterocycles. The Kier molecular flexibility index (Phi) is 6.63. The fourth-order valence-corrected chi connectivity index (χ4v) is 7.52. The summed E-state index contributed by atoms with van der Waals surface area (Å²) in [5.41, 5.74) is 0. The minimum atomic E-state index is -0.745. The SMILES string of the molecule is COC(=O)C1N2C(=O)C(NC(=O)COc3ccccc3)C2SC1(C)CSc1nnc(C)s1. The predicted octanol–water partition coefficient (Wildman–Crippen LogP) is 1.72. The zero-order valence-corrected chi connectivity index (χ0v) is 20.1. The molecule has 0 aliphatic carbocycles. The summed E-state index contributed by atoms with van der Waals surface area (Å²) in [6, 6.07) is 7.51. The van der Waals surface area contributed by atoms with Gasteiger partial charge >= 0.3 is 5.97 Å². The molecule has 0 spiro atoms. The number of fused-ring (bicyclic) bond motifs is 1. The Balaban J connectivity index is 1.42. The van der Waals surface area contributed by atoms with Gasteiger partial charge in [0.15, 0.2) is 10.9 Å². The van der Waals surface area contributed by atoms with E-state index < -0.39 is 28.7 Å². The highest BCUT2D eigenvalue weighted by atomic mass is 32.2. The standard InChI is InChI=1S/C20H22N4O5S3/c1-11-22-23-19(31-11)30-10-20(2)15(18(27)28-3)24-16(26)14(17(24)32-20)21-13(25)9-29-12-7-5-4-6-8-12/h4-8,14-15,17H,9-10H2,1-3H3,(H,21,25). The van der Waals surface area contributed by atoms with Crippen LogP contribution in [0.4, 0.5) is 0 Å². The van der Waals surface area contributed by atoms with Gasteiger partial charge in [0.25, 0.3) is 5.91 Å². The van der Waals surface area contributed by atoms with Crippen molar-refractivity contribution in [2.45, 2.75) is 40.4 Å². The number of ether oxygens (including phenoxy) is 2. The number of amides is 2. The summed E-state index contributed by atoms with van der Waals surface area (Å²) >= 11 is 4.47. The Morgan fingerprint density at radius 1 is 1.28 bits per heavy atom. The fraction of sp³-hybridized carbons (Fsp3) is 0.450. The molecule has 32 heavy (non-hydrogen) atoms. The number of esters is 1. The van der Waals surface area contributed by atoms with E-state index in [1.807, 2.05) is 32.0 Å². The quantitative estimate of drug-likeness (QED) is 0.333. The van der Waals surface area contributed by atoms with Gasteiger partial charge in [-0.25, -0.2) is 4.79 Å². The smallest absolute Gasteiger partial charge is 0.330 e. The number of aryl methyl sites for hydroxylation is 1. The lowest BCUT2D eigenvalue weighted by Gasteiger charge is -2.43. The maximum absolute atomic E-state index is 12.9. The van der Waals surface area contributed by atoms with Crippen LogP contribution in [0.2, 0.25) is 0 Å². The second-order valence-electron chi connectivity index (χ2n) is 7.51. The number of carbonyl (C=O) groups excluding carboxylic acids is 3. The average Bonchev–Trinajstić information content (AvgIpc) is 3.34. The third-order valence-corrected chi connectivity index (χ3v) is 9.31. The van der Waals surface area contributed by atoms with Crippen molar-refractivity contribution in [2.75, 3.05) is 19.5 Å². The number of aromatic nitrogens is 2. The molecule has 170 valence electrons. The molecule has 4 atom stereocenters. The lowest BCUT2D eigenvalue weighted by atomic mass is 9.96. The Morgan fingerprint density at radius 2 is 2.03 bits per heavy atom. The van der Waals surface area contributed by atoms with Crippen LogP contribution in [0.3, 0.4) is 0 Å². The van der Waals surface area contributed by atoms with Crippen LogP contribution in [-0.4, -0.2) is 74.6 Å². The molecule has 2 amide bonds. The van der Waals surface area contributed by atoms with Crippen LogP contribution in [0.5, 0.6) is 5.75 Å². The number of benzene rings is 1. The summed E-state index contributed by atoms with van der Waals surface area (Å²) < 4.78 is 10.6. The van der Waals surface area contributed by atoms with Crippen molar-refractivity contribution in [2.24, 2.45) is 0 Å². The Hall–Kier alpha value is -2.31. The van der Waals surface area contributed by atoms with E-state index in [4.69, 9.17) is 9.47 Å². The zero-order valence-electron chi connectivity index (χ0n) is 17.6. The van der Waals surface area contributed by atoms with Gasteiger partial charge in [-0.2, -0.15) is 0 Å². The number of β-lactam (4-membered cyclic amide) rings is 1. The van der Waals surface area contributed by atoms with Gasteiger partial charge in [-0.15, -0.1) is 22.0 Å². The summed E-state index contributed by atoms with van der Waals surface area (Å²) in [5.74, 6) is -0.0611. The molecular weight excluding hydrogens is 472 g/mol. The molecule has 1 aromatic carbocycles. The highest BCUT2D eigenvalue weighted by Crippen LogP contribution is 2.53. The lowest BCUT2D eigenvalue weighted by molar-refractivity contribution is -0.162. The van der Waals surface area contributed by atoms with Gasteiger partial charge in [0.05, 0.1) is 11.9 Å². The third-order valence-electron chi connectivity index (χ3n) is 5.17. The molecule has 2 fully saturated rings. The van der Waals surface area contributed by atoms with Gasteiger partial charge in [-0.05, 0) is 26.0 Å². The minimum absolute atomic E-state index is 0.199. The van der Waals surface area contributed by atoms with Gasteiger partial charge in [-0.1, -0.05) is 41.3 Å². The molecule has 4 unspecified atom stereocenters. The molecule has 0 saturated carbocycles. The van der Waals surface area contributed by atoms with Crippen LogP contribution >= 0.6 is 34.9 Å². The highest BCUT2D eigenvalue weighted by Gasteiger charge is 2.65. The van der Waals surface area contributed by atoms with Gasteiger partial charge in [0.1, 0.15) is 28.2 Å². The van der Waals surface area contributed by atoms with Crippen molar-refractivity contribution in [1.82, 2.24) is 20.4 Å². The topological polar surface area (TPSA) is 111 Å². The normalized spacial score (nSPS) is 26.3. The first kappa shape index (κ1) is 22.9. The number of rotatable bonds is 8. The number of para-hydroxylation sites is 1. The number of thioether (sulfide) groups is 2. The number of hydrogen-bond donors (Lipinski definition) is 1. The molecule has 9 nitrogen and oxygen atoms in total. The Labute approximate surface area is 197 Å². The van der Waals surface area contributed by atoms with E-state index in [9.17, 15) is 14.4 Å². The van der Waals surface area contributed by atoms with Crippen molar-refractivity contribution < 1.29 is 23.9 Å². The molecule has 4 rings (SSSR count). The van der Waals surface area contributed by atoms with Crippen LogP contribution in [0, 0.1) is 6.92 Å². The third kappa shape index (κ3) is 4.44. The summed E-state index contributed by atoms with van der Waals surface area (Å²) in [4.78, 5) is 39.4. The van der Waals surface area contributed by atoms with Crippen molar-refractivity contribution in [3.63, 3.8) is 0 Å². The molecule has 1 N–H and O–H groups in total. The maximum atomic E-state index is 12.9. The van der Waals surface area contributed by atoms with Crippen LogP contribution in [0.1, 0.15) is 11.9 Å². The van der Waals surface area contributed by atoms with Crippen molar-refractivity contribution in [1.29, 1.82) is 0 Å². The van der Waals surface area contributed by atoms with E-state index in [0.29, 0.717) is 11.5 Å².